The van der Waals surface area contributed by atoms with Gasteiger partial charge in [0.25, 0.3) is 5.91 Å². The Labute approximate surface area is 144 Å². The molecule has 2 aromatic heterocycles. The number of rotatable bonds is 5. The summed E-state index contributed by atoms with van der Waals surface area (Å²) in [5.41, 5.74) is 14.7. The third-order valence-corrected chi connectivity index (χ3v) is 3.90. The van der Waals surface area contributed by atoms with Crippen LogP contribution in [-0.2, 0) is 6.54 Å². The molecule has 2 heterocycles. The van der Waals surface area contributed by atoms with Crippen LogP contribution in [0.25, 0.3) is 11.3 Å². The first-order chi connectivity index (χ1) is 12.0. The Balaban J connectivity index is 2.11. The number of nitrogen functional groups attached to an aromatic ring is 1. The minimum Gasteiger partial charge on any atom is -0.497 e. The van der Waals surface area contributed by atoms with E-state index in [4.69, 9.17) is 16.2 Å². The van der Waals surface area contributed by atoms with Crippen LogP contribution in [-0.4, -0.2) is 33.0 Å². The molecule has 8 nitrogen and oxygen atoms in total. The van der Waals surface area contributed by atoms with Crippen molar-refractivity contribution in [3.8, 4) is 17.0 Å². The molecule has 4 N–H and O–H groups in total. The van der Waals surface area contributed by atoms with Crippen molar-refractivity contribution in [1.82, 2.24) is 20.0 Å². The van der Waals surface area contributed by atoms with Gasteiger partial charge in [0, 0.05) is 5.56 Å². The smallest absolute Gasteiger partial charge is 0.254 e. The summed E-state index contributed by atoms with van der Waals surface area (Å²) in [5.74, 6) is 0.216. The first-order valence-electron chi connectivity index (χ1n) is 7.58. The molecule has 8 heteroatoms. The number of aryl methyl sites for hydroxylation is 1. The molecule has 0 radical (unpaired) electrons. The molecule has 1 aromatic carbocycles. The van der Waals surface area contributed by atoms with Crippen LogP contribution < -0.4 is 16.2 Å². The highest BCUT2D eigenvalue weighted by molar-refractivity contribution is 6.03. The Bertz CT molecular complexity index is 917. The zero-order chi connectivity index (χ0) is 18.0. The molecule has 0 saturated carbocycles. The molecule has 0 bridgehead atoms. The SMILES string of the molecule is COc1ccc(Cn2nc(N)c(C(N)=O)c2-c2cnncc2C)cc1. The lowest BCUT2D eigenvalue weighted by molar-refractivity contribution is 0.100. The maximum absolute atomic E-state index is 11.9. The molecule has 0 spiro atoms. The predicted molar refractivity (Wildman–Crippen MR) is 93.0 cm³/mol. The molecule has 3 rings (SSSR count). The third kappa shape index (κ3) is 3.14. The summed E-state index contributed by atoms with van der Waals surface area (Å²) in [5, 5.41) is 12.0. The van der Waals surface area contributed by atoms with Crippen molar-refractivity contribution in [2.45, 2.75) is 13.5 Å². The average Bonchev–Trinajstić information content (AvgIpc) is 2.92. The highest BCUT2D eigenvalue weighted by atomic mass is 16.5. The van der Waals surface area contributed by atoms with Crippen molar-refractivity contribution in [2.75, 3.05) is 12.8 Å². The summed E-state index contributed by atoms with van der Waals surface area (Å²) >= 11 is 0. The van der Waals surface area contributed by atoms with Crippen molar-refractivity contribution >= 4 is 11.7 Å². The Morgan fingerprint density at radius 3 is 2.48 bits per heavy atom. The van der Waals surface area contributed by atoms with Gasteiger partial charge in [-0.2, -0.15) is 15.3 Å². The van der Waals surface area contributed by atoms with Gasteiger partial charge in [0.05, 0.1) is 31.7 Å². The Kier molecular flexibility index (Phi) is 4.34. The predicted octanol–water partition coefficient (Wildman–Crippen LogP) is 1.39. The van der Waals surface area contributed by atoms with Crippen LogP contribution in [0.5, 0.6) is 5.75 Å². The first kappa shape index (κ1) is 16.4. The minimum atomic E-state index is -0.635. The summed E-state index contributed by atoms with van der Waals surface area (Å²) in [6.07, 6.45) is 3.18. The second kappa shape index (κ2) is 6.60. The molecular formula is C17H18N6O2. The zero-order valence-electron chi connectivity index (χ0n) is 13.9. The van der Waals surface area contributed by atoms with Gasteiger partial charge in [0.2, 0.25) is 0 Å². The largest absolute Gasteiger partial charge is 0.497 e. The first-order valence-corrected chi connectivity index (χ1v) is 7.58. The van der Waals surface area contributed by atoms with Gasteiger partial charge in [-0.05, 0) is 30.2 Å². The summed E-state index contributed by atoms with van der Waals surface area (Å²) < 4.78 is 6.82. The van der Waals surface area contributed by atoms with Crippen molar-refractivity contribution in [2.24, 2.45) is 5.73 Å². The molecule has 0 aliphatic rings. The monoisotopic (exact) mass is 338 g/mol. The van der Waals surface area contributed by atoms with Crippen LogP contribution in [0.3, 0.4) is 0 Å². The molecule has 0 saturated heterocycles. The molecule has 3 aromatic rings. The van der Waals surface area contributed by atoms with Gasteiger partial charge < -0.3 is 16.2 Å². The van der Waals surface area contributed by atoms with E-state index in [0.29, 0.717) is 17.8 Å². The molecule has 0 aliphatic heterocycles. The van der Waals surface area contributed by atoms with Gasteiger partial charge in [0.1, 0.15) is 11.3 Å². The van der Waals surface area contributed by atoms with E-state index >= 15 is 0 Å². The van der Waals surface area contributed by atoms with E-state index in [1.54, 1.807) is 24.2 Å². The lowest BCUT2D eigenvalue weighted by atomic mass is 10.0. The molecule has 1 amide bonds. The molecule has 0 atom stereocenters. The van der Waals surface area contributed by atoms with E-state index in [2.05, 4.69) is 15.3 Å². The maximum Gasteiger partial charge on any atom is 0.254 e. The Morgan fingerprint density at radius 2 is 1.88 bits per heavy atom. The van der Waals surface area contributed by atoms with Crippen molar-refractivity contribution in [1.29, 1.82) is 0 Å². The van der Waals surface area contributed by atoms with Gasteiger partial charge in [0.15, 0.2) is 5.82 Å². The number of hydrogen-bond acceptors (Lipinski definition) is 6. The number of amides is 1. The summed E-state index contributed by atoms with van der Waals surface area (Å²) in [7, 11) is 1.61. The van der Waals surface area contributed by atoms with Crippen LogP contribution in [0.1, 0.15) is 21.5 Å². The van der Waals surface area contributed by atoms with Crippen LogP contribution in [0.15, 0.2) is 36.7 Å². The number of ether oxygens (including phenoxy) is 1. The normalized spacial score (nSPS) is 10.6. The number of hydrogen-bond donors (Lipinski definition) is 2. The van der Waals surface area contributed by atoms with Gasteiger partial charge in [-0.1, -0.05) is 12.1 Å². The number of primary amides is 1. The van der Waals surface area contributed by atoms with Gasteiger partial charge in [-0.3, -0.25) is 9.48 Å². The summed E-state index contributed by atoms with van der Waals surface area (Å²) in [4.78, 5) is 11.9. The number of aromatic nitrogens is 4. The number of nitrogens with zero attached hydrogens (tertiary/aromatic N) is 4. The fourth-order valence-corrected chi connectivity index (χ4v) is 2.65. The van der Waals surface area contributed by atoms with Gasteiger partial charge >= 0.3 is 0 Å². The van der Waals surface area contributed by atoms with E-state index in [1.807, 2.05) is 31.2 Å². The summed E-state index contributed by atoms with van der Waals surface area (Å²) in [6.45, 7) is 2.29. The van der Waals surface area contributed by atoms with E-state index in [-0.39, 0.29) is 11.4 Å². The second-order valence-electron chi connectivity index (χ2n) is 5.56. The number of anilines is 1. The van der Waals surface area contributed by atoms with Crippen LogP contribution in [0, 0.1) is 6.92 Å². The zero-order valence-corrected chi connectivity index (χ0v) is 13.9. The number of carbonyl (C=O) groups excluding carboxylic acids is 1. The molecule has 0 aliphatic carbocycles. The number of carbonyl (C=O) groups is 1. The van der Waals surface area contributed by atoms with E-state index in [9.17, 15) is 4.79 Å². The lowest BCUT2D eigenvalue weighted by Gasteiger charge is -2.11. The summed E-state index contributed by atoms with van der Waals surface area (Å²) in [6, 6.07) is 7.55. The topological polar surface area (TPSA) is 122 Å². The van der Waals surface area contributed by atoms with Crippen LogP contribution in [0.2, 0.25) is 0 Å². The third-order valence-electron chi connectivity index (χ3n) is 3.90. The highest BCUT2D eigenvalue weighted by Crippen LogP contribution is 2.30. The molecular weight excluding hydrogens is 320 g/mol. The number of methoxy groups -OCH3 is 1. The molecule has 0 fully saturated rings. The number of benzene rings is 1. The standard InChI is InChI=1S/C17H18N6O2/c1-10-7-20-21-8-13(10)15-14(17(19)24)16(18)22-23(15)9-11-3-5-12(25-2)6-4-11/h3-8H,9H2,1-2H3,(H2,18,22)(H2,19,24). The second-order valence-corrected chi connectivity index (χ2v) is 5.56. The van der Waals surface area contributed by atoms with Crippen molar-refractivity contribution < 1.29 is 9.53 Å². The molecule has 128 valence electrons. The van der Waals surface area contributed by atoms with Crippen molar-refractivity contribution in [3.05, 3.63) is 53.3 Å². The molecule has 25 heavy (non-hydrogen) atoms. The van der Waals surface area contributed by atoms with E-state index < -0.39 is 5.91 Å². The van der Waals surface area contributed by atoms with E-state index in [0.717, 1.165) is 16.9 Å². The highest BCUT2D eigenvalue weighted by Gasteiger charge is 2.23. The van der Waals surface area contributed by atoms with Crippen LogP contribution in [0.4, 0.5) is 5.82 Å². The minimum absolute atomic E-state index is 0.0900. The van der Waals surface area contributed by atoms with Gasteiger partial charge in [-0.15, -0.1) is 0 Å². The molecule has 0 unspecified atom stereocenters. The lowest BCUT2D eigenvalue weighted by Crippen LogP contribution is -2.14. The van der Waals surface area contributed by atoms with Gasteiger partial charge in [-0.25, -0.2) is 0 Å². The quantitative estimate of drug-likeness (QED) is 0.725. The Morgan fingerprint density at radius 1 is 1.20 bits per heavy atom. The fraction of sp³-hybridized carbons (Fsp3) is 0.176. The average molecular weight is 338 g/mol. The fourth-order valence-electron chi connectivity index (χ4n) is 2.65. The number of nitrogens with two attached hydrogens (primary N) is 2. The van der Waals surface area contributed by atoms with Crippen molar-refractivity contribution in [3.63, 3.8) is 0 Å². The Hall–Kier alpha value is -3.42. The van der Waals surface area contributed by atoms with E-state index in [1.165, 1.54) is 0 Å². The maximum atomic E-state index is 11.9. The van der Waals surface area contributed by atoms with Crippen LogP contribution >= 0.6 is 0 Å².